The van der Waals surface area contributed by atoms with E-state index in [-0.39, 0.29) is 17.2 Å². The fourth-order valence-electron chi connectivity index (χ4n) is 3.48. The van der Waals surface area contributed by atoms with Gasteiger partial charge in [0.05, 0.1) is 12.4 Å². The molecule has 158 valence electrons. The Bertz CT molecular complexity index is 935. The highest BCUT2D eigenvalue weighted by Gasteiger charge is 2.33. The average molecular weight is 429 g/mol. The van der Waals surface area contributed by atoms with Gasteiger partial charge in [0.2, 0.25) is 11.8 Å². The first-order chi connectivity index (χ1) is 14.6. The molecular weight excluding hydrogens is 404 g/mol. The smallest absolute Gasteiger partial charge is 0.233 e. The molecule has 1 atom stereocenters. The van der Waals surface area contributed by atoms with E-state index in [4.69, 9.17) is 14.2 Å². The van der Waals surface area contributed by atoms with Crippen molar-refractivity contribution in [1.82, 2.24) is 4.90 Å². The van der Waals surface area contributed by atoms with Gasteiger partial charge in [0.1, 0.15) is 24.3 Å². The molecule has 0 aliphatic carbocycles. The van der Waals surface area contributed by atoms with Crippen molar-refractivity contribution in [3.8, 4) is 17.2 Å². The molecule has 1 saturated heterocycles. The van der Waals surface area contributed by atoms with Gasteiger partial charge in [0.15, 0.2) is 11.5 Å². The summed E-state index contributed by atoms with van der Waals surface area (Å²) in [5, 5.41) is 2.71. The molecule has 4 rings (SSSR count). The standard InChI is InChI=1S/C22H24N2O5S/c1-15(25)23-17-4-2-5-18(13-17)27-9-3-8-24-21(26)14-30-22(24)16-6-7-19-20(12-16)29-11-10-28-19/h2,4-7,12-13,22H,3,8-11,14H2,1H3,(H,23,25). The quantitative estimate of drug-likeness (QED) is 0.681. The molecule has 30 heavy (non-hydrogen) atoms. The van der Waals surface area contributed by atoms with Crippen LogP contribution in [0.15, 0.2) is 42.5 Å². The third-order valence-electron chi connectivity index (χ3n) is 4.79. The van der Waals surface area contributed by atoms with E-state index in [1.807, 2.05) is 41.3 Å². The monoisotopic (exact) mass is 428 g/mol. The molecule has 0 saturated carbocycles. The Labute approximate surface area is 179 Å². The maximum absolute atomic E-state index is 12.4. The fraction of sp³-hybridized carbons (Fsp3) is 0.364. The molecule has 0 bridgehead atoms. The number of nitrogens with zero attached hydrogens (tertiary/aromatic N) is 1. The van der Waals surface area contributed by atoms with Crippen molar-refractivity contribution < 1.29 is 23.8 Å². The molecule has 0 spiro atoms. The van der Waals surface area contributed by atoms with Gasteiger partial charge in [-0.1, -0.05) is 12.1 Å². The number of hydrogen-bond donors (Lipinski definition) is 1. The van der Waals surface area contributed by atoms with Gasteiger partial charge in [-0.2, -0.15) is 0 Å². The molecule has 1 fully saturated rings. The highest BCUT2D eigenvalue weighted by molar-refractivity contribution is 8.00. The summed E-state index contributed by atoms with van der Waals surface area (Å²) in [6.45, 7) is 3.65. The van der Waals surface area contributed by atoms with E-state index in [1.165, 1.54) is 6.92 Å². The fourth-order valence-corrected chi connectivity index (χ4v) is 4.69. The van der Waals surface area contributed by atoms with Gasteiger partial charge in [-0.05, 0) is 36.2 Å². The van der Waals surface area contributed by atoms with E-state index in [0.717, 1.165) is 17.1 Å². The minimum Gasteiger partial charge on any atom is -0.493 e. The number of carbonyl (C=O) groups excluding carboxylic acids is 2. The number of thioether (sulfide) groups is 1. The first-order valence-corrected chi connectivity index (χ1v) is 11.0. The average Bonchev–Trinajstić information content (AvgIpc) is 3.11. The SMILES string of the molecule is CC(=O)Nc1cccc(OCCCN2C(=O)CSC2c2ccc3c(c2)OCCO3)c1. The molecule has 2 aliphatic rings. The number of hydrogen-bond acceptors (Lipinski definition) is 6. The zero-order valence-corrected chi connectivity index (χ0v) is 17.6. The minimum absolute atomic E-state index is 0.0311. The van der Waals surface area contributed by atoms with Crippen LogP contribution >= 0.6 is 11.8 Å². The summed E-state index contributed by atoms with van der Waals surface area (Å²) in [6.07, 6.45) is 0.706. The molecule has 0 aromatic heterocycles. The lowest BCUT2D eigenvalue weighted by molar-refractivity contribution is -0.128. The highest BCUT2D eigenvalue weighted by atomic mass is 32.2. The number of nitrogens with one attached hydrogen (secondary N) is 1. The van der Waals surface area contributed by atoms with Crippen LogP contribution < -0.4 is 19.5 Å². The van der Waals surface area contributed by atoms with Gasteiger partial charge < -0.3 is 24.4 Å². The Kier molecular flexibility index (Phi) is 6.32. The number of ether oxygens (including phenoxy) is 3. The second kappa shape index (κ2) is 9.30. The Morgan fingerprint density at radius 3 is 2.87 bits per heavy atom. The van der Waals surface area contributed by atoms with Crippen LogP contribution in [0.5, 0.6) is 17.2 Å². The first kappa shape index (κ1) is 20.4. The van der Waals surface area contributed by atoms with Gasteiger partial charge in [-0.3, -0.25) is 9.59 Å². The Balaban J connectivity index is 1.33. The van der Waals surface area contributed by atoms with Crippen LogP contribution in [-0.4, -0.2) is 48.8 Å². The number of anilines is 1. The van der Waals surface area contributed by atoms with E-state index in [1.54, 1.807) is 17.8 Å². The molecule has 1 unspecified atom stereocenters. The Morgan fingerprint density at radius 1 is 1.20 bits per heavy atom. The third kappa shape index (κ3) is 4.81. The lowest BCUT2D eigenvalue weighted by Gasteiger charge is -2.26. The van der Waals surface area contributed by atoms with Gasteiger partial charge in [0.25, 0.3) is 0 Å². The molecule has 0 radical (unpaired) electrons. The van der Waals surface area contributed by atoms with E-state index in [0.29, 0.717) is 50.0 Å². The van der Waals surface area contributed by atoms with Crippen LogP contribution in [0, 0.1) is 0 Å². The highest BCUT2D eigenvalue weighted by Crippen LogP contribution is 2.42. The van der Waals surface area contributed by atoms with E-state index in [2.05, 4.69) is 5.32 Å². The van der Waals surface area contributed by atoms with E-state index >= 15 is 0 Å². The van der Waals surface area contributed by atoms with Crippen molar-refractivity contribution in [1.29, 1.82) is 0 Å². The Morgan fingerprint density at radius 2 is 2.03 bits per heavy atom. The van der Waals surface area contributed by atoms with Gasteiger partial charge in [-0.15, -0.1) is 11.8 Å². The predicted molar refractivity (Wildman–Crippen MR) is 115 cm³/mol. The van der Waals surface area contributed by atoms with Gasteiger partial charge >= 0.3 is 0 Å². The van der Waals surface area contributed by atoms with Crippen LogP contribution in [0.1, 0.15) is 24.3 Å². The lowest BCUT2D eigenvalue weighted by atomic mass is 10.1. The Hall–Kier alpha value is -2.87. The summed E-state index contributed by atoms with van der Waals surface area (Å²) in [7, 11) is 0. The summed E-state index contributed by atoms with van der Waals surface area (Å²) in [5.74, 6) is 2.65. The summed E-state index contributed by atoms with van der Waals surface area (Å²) in [4.78, 5) is 25.5. The molecule has 7 nitrogen and oxygen atoms in total. The minimum atomic E-state index is -0.123. The normalized spacial score (nSPS) is 17.7. The topological polar surface area (TPSA) is 77.1 Å². The van der Waals surface area contributed by atoms with Gasteiger partial charge in [0, 0.05) is 25.2 Å². The molecule has 2 heterocycles. The van der Waals surface area contributed by atoms with Crippen molar-refractivity contribution in [2.75, 3.05) is 37.4 Å². The molecule has 2 aromatic carbocycles. The zero-order chi connectivity index (χ0) is 20.9. The molecule has 2 amide bonds. The van der Waals surface area contributed by atoms with Crippen molar-refractivity contribution >= 4 is 29.3 Å². The van der Waals surface area contributed by atoms with Crippen LogP contribution in [0.4, 0.5) is 5.69 Å². The first-order valence-electron chi connectivity index (χ1n) is 9.91. The molecule has 2 aliphatic heterocycles. The number of benzene rings is 2. The van der Waals surface area contributed by atoms with Gasteiger partial charge in [-0.25, -0.2) is 0 Å². The van der Waals surface area contributed by atoms with Crippen LogP contribution in [0.2, 0.25) is 0 Å². The number of carbonyl (C=O) groups is 2. The maximum atomic E-state index is 12.4. The van der Waals surface area contributed by atoms with Crippen molar-refractivity contribution in [2.45, 2.75) is 18.7 Å². The van der Waals surface area contributed by atoms with Crippen molar-refractivity contribution in [2.24, 2.45) is 0 Å². The van der Waals surface area contributed by atoms with Crippen LogP contribution in [0.3, 0.4) is 0 Å². The number of amides is 2. The zero-order valence-electron chi connectivity index (χ0n) is 16.8. The largest absolute Gasteiger partial charge is 0.493 e. The molecule has 8 heteroatoms. The molecule has 1 N–H and O–H groups in total. The summed E-state index contributed by atoms with van der Waals surface area (Å²) < 4.78 is 17.1. The van der Waals surface area contributed by atoms with Crippen LogP contribution in [-0.2, 0) is 9.59 Å². The number of rotatable bonds is 7. The van der Waals surface area contributed by atoms with Crippen molar-refractivity contribution in [3.63, 3.8) is 0 Å². The maximum Gasteiger partial charge on any atom is 0.233 e. The number of fused-ring (bicyclic) bond motifs is 1. The van der Waals surface area contributed by atoms with Crippen molar-refractivity contribution in [3.05, 3.63) is 48.0 Å². The second-order valence-electron chi connectivity index (χ2n) is 7.06. The molecule has 2 aromatic rings. The summed E-state index contributed by atoms with van der Waals surface area (Å²) in [6, 6.07) is 13.2. The van der Waals surface area contributed by atoms with E-state index in [9.17, 15) is 9.59 Å². The third-order valence-corrected chi connectivity index (χ3v) is 6.04. The lowest BCUT2D eigenvalue weighted by Crippen LogP contribution is -2.30. The second-order valence-corrected chi connectivity index (χ2v) is 8.13. The summed E-state index contributed by atoms with van der Waals surface area (Å²) >= 11 is 1.62. The van der Waals surface area contributed by atoms with E-state index < -0.39 is 0 Å². The summed E-state index contributed by atoms with van der Waals surface area (Å²) in [5.41, 5.74) is 1.74. The molecular formula is C22H24N2O5S. The van der Waals surface area contributed by atoms with Crippen LogP contribution in [0.25, 0.3) is 0 Å². The predicted octanol–water partition coefficient (Wildman–Crippen LogP) is 3.46.